The van der Waals surface area contributed by atoms with Crippen LogP contribution in [0.2, 0.25) is 0 Å². The average molecular weight is 237 g/mol. The van der Waals surface area contributed by atoms with Crippen molar-refractivity contribution in [1.82, 2.24) is 9.97 Å². The van der Waals surface area contributed by atoms with Gasteiger partial charge in [0, 0.05) is 11.1 Å². The van der Waals surface area contributed by atoms with E-state index in [2.05, 4.69) is 22.2 Å². The lowest BCUT2D eigenvalue weighted by atomic mass is 10.4. The van der Waals surface area contributed by atoms with Crippen molar-refractivity contribution in [3.05, 3.63) is 40.2 Å². The number of rotatable bonds is 4. The smallest absolute Gasteiger partial charge is 0.141 e. The number of halogens is 1. The molecule has 0 aliphatic carbocycles. The predicted molar refractivity (Wildman–Crippen MR) is 63.0 cm³/mol. The van der Waals surface area contributed by atoms with Crippen LogP contribution in [0.4, 0.5) is 10.2 Å². The van der Waals surface area contributed by atoms with Crippen LogP contribution in [0.3, 0.4) is 0 Å². The molecule has 0 aliphatic heterocycles. The predicted octanol–water partition coefficient (Wildman–Crippen LogP) is 2.85. The van der Waals surface area contributed by atoms with Gasteiger partial charge in [0.25, 0.3) is 0 Å². The number of nitrogens with zero attached hydrogens (tertiary/aromatic N) is 2. The molecule has 1 N–H and O–H groups in total. The van der Waals surface area contributed by atoms with Crippen LogP contribution in [0.1, 0.15) is 16.8 Å². The van der Waals surface area contributed by atoms with Gasteiger partial charge in [0.1, 0.15) is 16.6 Å². The van der Waals surface area contributed by atoms with Crippen molar-refractivity contribution in [2.75, 3.05) is 5.32 Å². The summed E-state index contributed by atoms with van der Waals surface area (Å²) in [6, 6.07) is 3.00. The number of anilines is 1. The maximum Gasteiger partial charge on any atom is 0.141 e. The van der Waals surface area contributed by atoms with E-state index in [1.54, 1.807) is 17.4 Å². The van der Waals surface area contributed by atoms with Gasteiger partial charge in [0.2, 0.25) is 0 Å². The molecule has 2 heterocycles. The Kier molecular flexibility index (Phi) is 3.46. The van der Waals surface area contributed by atoms with Crippen LogP contribution in [0.15, 0.2) is 24.5 Å². The first-order chi connectivity index (χ1) is 7.78. The van der Waals surface area contributed by atoms with Crippen LogP contribution in [0, 0.1) is 5.82 Å². The van der Waals surface area contributed by atoms with Crippen molar-refractivity contribution >= 4 is 17.2 Å². The van der Waals surface area contributed by atoms with Crippen LogP contribution in [-0.4, -0.2) is 9.97 Å². The largest absolute Gasteiger partial charge is 0.364 e. The Balaban J connectivity index is 1.94. The number of thiazole rings is 1. The van der Waals surface area contributed by atoms with Gasteiger partial charge >= 0.3 is 0 Å². The van der Waals surface area contributed by atoms with Crippen molar-refractivity contribution in [2.24, 2.45) is 0 Å². The summed E-state index contributed by atoms with van der Waals surface area (Å²) in [5, 5.41) is 4.11. The summed E-state index contributed by atoms with van der Waals surface area (Å²) in [7, 11) is 0. The van der Waals surface area contributed by atoms with Gasteiger partial charge in [0.05, 0.1) is 12.7 Å². The third-order valence-corrected chi connectivity index (χ3v) is 3.24. The van der Waals surface area contributed by atoms with Crippen LogP contribution in [0.5, 0.6) is 0 Å². The fraction of sp³-hybridized carbons (Fsp3) is 0.273. The Morgan fingerprint density at radius 2 is 2.19 bits per heavy atom. The normalized spacial score (nSPS) is 10.4. The molecule has 0 fully saturated rings. The maximum absolute atomic E-state index is 12.6. The molecular formula is C11H12FN3S. The number of pyridine rings is 1. The molecule has 2 aromatic rings. The second-order valence-electron chi connectivity index (χ2n) is 3.29. The molecular weight excluding hydrogens is 225 g/mol. The highest BCUT2D eigenvalue weighted by molar-refractivity contribution is 7.11. The van der Waals surface area contributed by atoms with Gasteiger partial charge in [-0.25, -0.2) is 14.4 Å². The van der Waals surface area contributed by atoms with Gasteiger partial charge in [-0.15, -0.1) is 11.3 Å². The highest BCUT2D eigenvalue weighted by Gasteiger charge is 2.00. The Bertz CT molecular complexity index is 453. The number of nitrogens with one attached hydrogen (secondary N) is 1. The lowest BCUT2D eigenvalue weighted by Gasteiger charge is -2.01. The second kappa shape index (κ2) is 5.03. The lowest BCUT2D eigenvalue weighted by Crippen LogP contribution is -2.00. The van der Waals surface area contributed by atoms with E-state index in [1.165, 1.54) is 17.1 Å². The van der Waals surface area contributed by atoms with Gasteiger partial charge in [-0.05, 0) is 18.6 Å². The third kappa shape index (κ3) is 2.76. The van der Waals surface area contributed by atoms with E-state index < -0.39 is 0 Å². The Morgan fingerprint density at radius 3 is 2.81 bits per heavy atom. The van der Waals surface area contributed by atoms with E-state index in [1.807, 2.05) is 6.20 Å². The summed E-state index contributed by atoms with van der Waals surface area (Å²) in [5.74, 6) is 0.336. The van der Waals surface area contributed by atoms with Gasteiger partial charge < -0.3 is 5.32 Å². The summed E-state index contributed by atoms with van der Waals surface area (Å²) >= 11 is 1.68. The Labute approximate surface area is 97.4 Å². The standard InChI is InChI=1S/C11H12FN3S/c1-2-9-6-15-11(16-9)7-14-10-4-3-8(12)5-13-10/h3-6H,2,7H2,1H3,(H,13,14). The molecule has 0 bridgehead atoms. The first-order valence-electron chi connectivity index (χ1n) is 5.07. The second-order valence-corrected chi connectivity index (χ2v) is 4.49. The third-order valence-electron chi connectivity index (χ3n) is 2.10. The topological polar surface area (TPSA) is 37.8 Å². The monoisotopic (exact) mass is 237 g/mol. The van der Waals surface area contributed by atoms with E-state index in [4.69, 9.17) is 0 Å². The zero-order valence-corrected chi connectivity index (χ0v) is 9.72. The van der Waals surface area contributed by atoms with E-state index in [0.29, 0.717) is 12.4 Å². The minimum atomic E-state index is -0.326. The zero-order valence-electron chi connectivity index (χ0n) is 8.90. The summed E-state index contributed by atoms with van der Waals surface area (Å²) in [6.45, 7) is 2.73. The molecule has 0 saturated heterocycles. The van der Waals surface area contributed by atoms with E-state index in [-0.39, 0.29) is 5.82 Å². The average Bonchev–Trinajstić information content (AvgIpc) is 2.76. The minimum absolute atomic E-state index is 0.326. The molecule has 2 rings (SSSR count). The highest BCUT2D eigenvalue weighted by atomic mass is 32.1. The minimum Gasteiger partial charge on any atom is -0.364 e. The van der Waals surface area contributed by atoms with E-state index >= 15 is 0 Å². The molecule has 0 saturated carbocycles. The summed E-state index contributed by atoms with van der Waals surface area (Å²) < 4.78 is 12.6. The van der Waals surface area contributed by atoms with Crippen LogP contribution in [0.25, 0.3) is 0 Å². The first-order valence-corrected chi connectivity index (χ1v) is 5.88. The molecule has 84 valence electrons. The van der Waals surface area contributed by atoms with Crippen LogP contribution >= 0.6 is 11.3 Å². The fourth-order valence-electron chi connectivity index (χ4n) is 1.24. The van der Waals surface area contributed by atoms with Crippen molar-refractivity contribution in [1.29, 1.82) is 0 Å². The van der Waals surface area contributed by atoms with Gasteiger partial charge in [-0.2, -0.15) is 0 Å². The van der Waals surface area contributed by atoms with Crippen molar-refractivity contribution < 1.29 is 4.39 Å². The van der Waals surface area contributed by atoms with Gasteiger partial charge in [-0.3, -0.25) is 0 Å². The number of aromatic nitrogens is 2. The van der Waals surface area contributed by atoms with Gasteiger partial charge in [-0.1, -0.05) is 6.92 Å². The number of hydrogen-bond acceptors (Lipinski definition) is 4. The zero-order chi connectivity index (χ0) is 11.4. The highest BCUT2D eigenvalue weighted by Crippen LogP contribution is 2.14. The van der Waals surface area contributed by atoms with E-state index in [0.717, 1.165) is 11.4 Å². The van der Waals surface area contributed by atoms with Crippen LogP contribution in [-0.2, 0) is 13.0 Å². The molecule has 0 aromatic carbocycles. The molecule has 3 nitrogen and oxygen atoms in total. The van der Waals surface area contributed by atoms with Crippen molar-refractivity contribution in [3.8, 4) is 0 Å². The van der Waals surface area contributed by atoms with E-state index in [9.17, 15) is 4.39 Å². The van der Waals surface area contributed by atoms with Gasteiger partial charge in [0.15, 0.2) is 0 Å². The quantitative estimate of drug-likeness (QED) is 0.888. The van der Waals surface area contributed by atoms with Crippen molar-refractivity contribution in [3.63, 3.8) is 0 Å². The Hall–Kier alpha value is -1.49. The molecule has 0 spiro atoms. The Morgan fingerprint density at radius 1 is 1.31 bits per heavy atom. The summed E-state index contributed by atoms with van der Waals surface area (Å²) in [6.07, 6.45) is 4.09. The maximum atomic E-state index is 12.6. The first kappa shape index (κ1) is 11.0. The van der Waals surface area contributed by atoms with Crippen molar-refractivity contribution in [2.45, 2.75) is 19.9 Å². The fourth-order valence-corrected chi connectivity index (χ4v) is 2.04. The SMILES string of the molecule is CCc1cnc(CNc2ccc(F)cn2)s1. The van der Waals surface area contributed by atoms with Crippen LogP contribution < -0.4 is 5.32 Å². The summed E-state index contributed by atoms with van der Waals surface area (Å²) in [4.78, 5) is 9.45. The molecule has 0 unspecified atom stereocenters. The number of aryl methyl sites for hydroxylation is 1. The molecule has 0 amide bonds. The molecule has 0 radical (unpaired) electrons. The molecule has 0 atom stereocenters. The molecule has 16 heavy (non-hydrogen) atoms. The molecule has 2 aromatic heterocycles. The molecule has 5 heteroatoms. The summed E-state index contributed by atoms with van der Waals surface area (Å²) in [5.41, 5.74) is 0. The lowest BCUT2D eigenvalue weighted by molar-refractivity contribution is 0.621. The molecule has 0 aliphatic rings. The number of hydrogen-bond donors (Lipinski definition) is 1.